The number of H-pyrrole nitrogens is 1. The highest BCUT2D eigenvalue weighted by Crippen LogP contribution is 2.14. The first kappa shape index (κ1) is 14.0. The molecule has 100 valence electrons. The van der Waals surface area contributed by atoms with Crippen molar-refractivity contribution < 1.29 is 14.3 Å². The van der Waals surface area contributed by atoms with E-state index < -0.39 is 17.9 Å². The fourth-order valence-corrected chi connectivity index (χ4v) is 1.53. The smallest absolute Gasteiger partial charge is 0.328 e. The zero-order chi connectivity index (χ0) is 13.7. The number of carbonyl (C=O) groups is 2. The Morgan fingerprint density at radius 2 is 2.17 bits per heavy atom. The van der Waals surface area contributed by atoms with Gasteiger partial charge in [0.15, 0.2) is 5.69 Å². The molecule has 0 radical (unpaired) electrons. The van der Waals surface area contributed by atoms with Crippen molar-refractivity contribution in [3.63, 3.8) is 0 Å². The second kappa shape index (κ2) is 6.04. The van der Waals surface area contributed by atoms with Crippen LogP contribution in [-0.4, -0.2) is 35.2 Å². The molecule has 0 spiro atoms. The number of anilines is 1. The van der Waals surface area contributed by atoms with Crippen molar-refractivity contribution in [2.45, 2.75) is 32.7 Å². The molecule has 7 heteroatoms. The summed E-state index contributed by atoms with van der Waals surface area (Å²) in [5.41, 5.74) is 6.89. The van der Waals surface area contributed by atoms with E-state index in [1.807, 2.05) is 6.92 Å². The topological polar surface area (TPSA) is 110 Å². The van der Waals surface area contributed by atoms with E-state index in [0.29, 0.717) is 24.2 Å². The highest BCUT2D eigenvalue weighted by atomic mass is 16.5. The summed E-state index contributed by atoms with van der Waals surface area (Å²) in [7, 11) is 1.27. The molecule has 7 nitrogen and oxygen atoms in total. The van der Waals surface area contributed by atoms with Gasteiger partial charge in [0.25, 0.3) is 5.91 Å². The third-order valence-corrected chi connectivity index (χ3v) is 2.65. The molecule has 0 aliphatic rings. The van der Waals surface area contributed by atoms with Gasteiger partial charge in [-0.25, -0.2) is 4.79 Å². The number of methoxy groups -OCH3 is 1. The number of carbonyl (C=O) groups excluding carboxylic acids is 2. The van der Waals surface area contributed by atoms with Gasteiger partial charge in [0.1, 0.15) is 6.04 Å². The Hall–Kier alpha value is -2.05. The van der Waals surface area contributed by atoms with Crippen LogP contribution >= 0.6 is 0 Å². The summed E-state index contributed by atoms with van der Waals surface area (Å²) in [5, 5.41) is 9.07. The molecule has 18 heavy (non-hydrogen) atoms. The van der Waals surface area contributed by atoms with Crippen molar-refractivity contribution in [2.75, 3.05) is 12.8 Å². The third kappa shape index (κ3) is 2.79. The van der Waals surface area contributed by atoms with Crippen LogP contribution in [0.1, 0.15) is 36.5 Å². The Balaban J connectivity index is 2.81. The molecule has 0 saturated carbocycles. The summed E-state index contributed by atoms with van der Waals surface area (Å²) in [5.74, 6) is -0.976. The lowest BCUT2D eigenvalue weighted by molar-refractivity contribution is -0.142. The molecule has 1 aromatic heterocycles. The molecule has 4 N–H and O–H groups in total. The minimum Gasteiger partial charge on any atom is -0.467 e. The predicted octanol–water partition coefficient (Wildman–Crippen LogP) is 0.236. The summed E-state index contributed by atoms with van der Waals surface area (Å²) in [6.45, 7) is 3.67. The molecule has 1 unspecified atom stereocenters. The van der Waals surface area contributed by atoms with Crippen LogP contribution in [0, 0.1) is 0 Å². The molecule has 1 rings (SSSR count). The molecule has 0 aliphatic carbocycles. The number of ether oxygens (including phenoxy) is 1. The monoisotopic (exact) mass is 254 g/mol. The van der Waals surface area contributed by atoms with Crippen molar-refractivity contribution in [1.29, 1.82) is 0 Å². The molecule has 1 aromatic rings. The summed E-state index contributed by atoms with van der Waals surface area (Å²) in [6, 6.07) is -0.691. The van der Waals surface area contributed by atoms with E-state index in [1.54, 1.807) is 6.92 Å². The van der Waals surface area contributed by atoms with Crippen molar-refractivity contribution >= 4 is 17.6 Å². The average molecular weight is 254 g/mol. The maximum Gasteiger partial charge on any atom is 0.328 e. The lowest BCUT2D eigenvalue weighted by Gasteiger charge is -2.13. The van der Waals surface area contributed by atoms with Gasteiger partial charge in [0, 0.05) is 0 Å². The third-order valence-electron chi connectivity index (χ3n) is 2.65. The molecular formula is C11H18N4O3. The van der Waals surface area contributed by atoms with E-state index in [2.05, 4.69) is 20.3 Å². The minimum atomic E-state index is -0.691. The van der Waals surface area contributed by atoms with Gasteiger partial charge in [-0.3, -0.25) is 9.89 Å². The van der Waals surface area contributed by atoms with E-state index in [4.69, 9.17) is 5.73 Å². The lowest BCUT2D eigenvalue weighted by atomic mass is 10.2. The van der Waals surface area contributed by atoms with Crippen LogP contribution in [0.5, 0.6) is 0 Å². The number of nitrogens with one attached hydrogen (secondary N) is 2. The predicted molar refractivity (Wildman–Crippen MR) is 65.9 cm³/mol. The largest absolute Gasteiger partial charge is 0.467 e. The maximum atomic E-state index is 11.9. The van der Waals surface area contributed by atoms with Gasteiger partial charge in [-0.15, -0.1) is 0 Å². The van der Waals surface area contributed by atoms with Crippen molar-refractivity contribution in [3.05, 3.63) is 11.4 Å². The molecule has 0 aromatic carbocycles. The van der Waals surface area contributed by atoms with E-state index in [9.17, 15) is 9.59 Å². The van der Waals surface area contributed by atoms with E-state index >= 15 is 0 Å². The van der Waals surface area contributed by atoms with Gasteiger partial charge >= 0.3 is 5.97 Å². The molecule has 1 atom stereocenters. The van der Waals surface area contributed by atoms with Gasteiger partial charge in [0.2, 0.25) is 0 Å². The Bertz CT molecular complexity index is 441. The minimum absolute atomic E-state index is 0.106. The van der Waals surface area contributed by atoms with Crippen LogP contribution < -0.4 is 11.1 Å². The number of aromatic nitrogens is 2. The van der Waals surface area contributed by atoms with E-state index in [-0.39, 0.29) is 5.69 Å². The summed E-state index contributed by atoms with van der Waals surface area (Å²) in [6.07, 6.45) is 1.09. The Morgan fingerprint density at radius 3 is 2.61 bits per heavy atom. The van der Waals surface area contributed by atoms with Gasteiger partial charge in [-0.05, 0) is 12.8 Å². The fourth-order valence-electron chi connectivity index (χ4n) is 1.53. The zero-order valence-electron chi connectivity index (χ0n) is 10.7. The second-order valence-corrected chi connectivity index (χ2v) is 3.78. The number of aromatic amines is 1. The second-order valence-electron chi connectivity index (χ2n) is 3.78. The van der Waals surface area contributed by atoms with Crippen LogP contribution in [-0.2, 0) is 16.0 Å². The van der Waals surface area contributed by atoms with Crippen LogP contribution in [0.2, 0.25) is 0 Å². The Labute approximate surface area is 105 Å². The molecule has 0 saturated heterocycles. The number of nitrogens with two attached hydrogens (primary N) is 1. The standard InChI is InChI=1S/C11H18N4O3/c1-4-6-8(12)9(15-14-6)10(16)13-7(5-2)11(17)18-3/h7H,4-5,12H2,1-3H3,(H,13,16)(H,14,15). The number of hydrogen-bond acceptors (Lipinski definition) is 5. The molecule has 1 amide bonds. The van der Waals surface area contributed by atoms with E-state index in [1.165, 1.54) is 7.11 Å². The average Bonchev–Trinajstić information content (AvgIpc) is 2.75. The molecular weight excluding hydrogens is 236 g/mol. The van der Waals surface area contributed by atoms with Crippen LogP contribution in [0.4, 0.5) is 5.69 Å². The number of amides is 1. The number of aryl methyl sites for hydroxylation is 1. The molecule has 0 bridgehead atoms. The summed E-state index contributed by atoms with van der Waals surface area (Å²) >= 11 is 0. The van der Waals surface area contributed by atoms with Gasteiger partial charge in [-0.2, -0.15) is 5.10 Å². The Kier molecular flexibility index (Phi) is 4.70. The van der Waals surface area contributed by atoms with E-state index in [0.717, 1.165) is 0 Å². The highest BCUT2D eigenvalue weighted by Gasteiger charge is 2.23. The van der Waals surface area contributed by atoms with Gasteiger partial charge in [-0.1, -0.05) is 13.8 Å². The van der Waals surface area contributed by atoms with Crippen LogP contribution in [0.25, 0.3) is 0 Å². The highest BCUT2D eigenvalue weighted by molar-refractivity contribution is 5.99. The maximum absolute atomic E-state index is 11.9. The first-order chi connectivity index (χ1) is 8.54. The van der Waals surface area contributed by atoms with Crippen LogP contribution in [0.3, 0.4) is 0 Å². The molecule has 0 aliphatic heterocycles. The SMILES string of the molecule is CCc1[nH]nc(C(=O)NC(CC)C(=O)OC)c1N. The first-order valence-corrected chi connectivity index (χ1v) is 5.76. The Morgan fingerprint density at radius 1 is 1.50 bits per heavy atom. The number of nitrogen functional groups attached to an aromatic ring is 1. The van der Waals surface area contributed by atoms with Gasteiger partial charge < -0.3 is 15.8 Å². The summed E-state index contributed by atoms with van der Waals surface area (Å²) < 4.78 is 4.58. The zero-order valence-corrected chi connectivity index (χ0v) is 10.7. The number of nitrogens with zero attached hydrogens (tertiary/aromatic N) is 1. The number of esters is 1. The molecule has 1 heterocycles. The normalized spacial score (nSPS) is 11.9. The van der Waals surface area contributed by atoms with Crippen molar-refractivity contribution in [1.82, 2.24) is 15.5 Å². The quantitative estimate of drug-likeness (QED) is 0.652. The first-order valence-electron chi connectivity index (χ1n) is 5.76. The van der Waals surface area contributed by atoms with Crippen LogP contribution in [0.15, 0.2) is 0 Å². The summed E-state index contributed by atoms with van der Waals surface area (Å²) in [4.78, 5) is 23.3. The van der Waals surface area contributed by atoms with Crippen molar-refractivity contribution in [2.24, 2.45) is 0 Å². The number of hydrogen-bond donors (Lipinski definition) is 3. The lowest BCUT2D eigenvalue weighted by Crippen LogP contribution is -2.41. The van der Waals surface area contributed by atoms with Gasteiger partial charge in [0.05, 0.1) is 18.5 Å². The van der Waals surface area contributed by atoms with Crippen molar-refractivity contribution in [3.8, 4) is 0 Å². The fraction of sp³-hybridized carbons (Fsp3) is 0.545. The molecule has 0 fully saturated rings. The number of rotatable bonds is 5.